The Morgan fingerprint density at radius 2 is 1.94 bits per heavy atom. The van der Waals surface area contributed by atoms with Gasteiger partial charge in [0.15, 0.2) is 0 Å². The van der Waals surface area contributed by atoms with Gasteiger partial charge in [0, 0.05) is 13.0 Å². The van der Waals surface area contributed by atoms with Crippen molar-refractivity contribution in [3.63, 3.8) is 0 Å². The van der Waals surface area contributed by atoms with E-state index in [0.29, 0.717) is 22.3 Å². The number of aromatic carboxylic acids is 1. The summed E-state index contributed by atoms with van der Waals surface area (Å²) in [5.41, 5.74) is 6.57. The first-order chi connectivity index (χ1) is 14.6. The van der Waals surface area contributed by atoms with E-state index < -0.39 is 11.5 Å². The van der Waals surface area contributed by atoms with E-state index in [9.17, 15) is 14.7 Å². The predicted octanol–water partition coefficient (Wildman–Crippen LogP) is 3.30. The van der Waals surface area contributed by atoms with Crippen molar-refractivity contribution in [2.24, 2.45) is 5.92 Å². The molecule has 0 radical (unpaired) electrons. The number of carbonyl (C=O) groups is 2. The van der Waals surface area contributed by atoms with E-state index in [0.717, 1.165) is 25.7 Å². The first-order valence-electron chi connectivity index (χ1n) is 10.5. The normalized spacial score (nSPS) is 19.2. The third kappa shape index (κ3) is 5.07. The minimum Gasteiger partial charge on any atom is -0.490 e. The Balaban J connectivity index is 1.73. The Hall–Kier alpha value is -2.87. The summed E-state index contributed by atoms with van der Waals surface area (Å²) in [6.07, 6.45) is 3.64. The lowest BCUT2D eigenvalue weighted by Gasteiger charge is -2.32. The van der Waals surface area contributed by atoms with Gasteiger partial charge < -0.3 is 25.6 Å². The maximum Gasteiger partial charge on any atom is 0.339 e. The topological polar surface area (TPSA) is 124 Å². The van der Waals surface area contributed by atoms with Crippen LogP contribution in [0.5, 0.6) is 5.75 Å². The van der Waals surface area contributed by atoms with Gasteiger partial charge in [0.05, 0.1) is 33.9 Å². The van der Waals surface area contributed by atoms with Gasteiger partial charge in [0.1, 0.15) is 17.9 Å². The molecular weight excluding hydrogens is 398 g/mol. The molecule has 4 N–H and O–H groups in total. The highest BCUT2D eigenvalue weighted by Gasteiger charge is 2.30. The second-order valence-corrected chi connectivity index (χ2v) is 8.81. The van der Waals surface area contributed by atoms with Gasteiger partial charge in [-0.05, 0) is 58.6 Å². The molecule has 1 fully saturated rings. The molecule has 1 saturated carbocycles. The van der Waals surface area contributed by atoms with Crippen molar-refractivity contribution in [1.29, 1.82) is 0 Å². The Labute approximate surface area is 182 Å². The molecule has 0 unspecified atom stereocenters. The average molecular weight is 430 g/mol. The van der Waals surface area contributed by atoms with Crippen LogP contribution in [0.25, 0.3) is 10.9 Å². The van der Waals surface area contributed by atoms with Crippen LogP contribution in [0.3, 0.4) is 0 Å². The van der Waals surface area contributed by atoms with Crippen LogP contribution in [0, 0.1) is 12.8 Å². The summed E-state index contributed by atoms with van der Waals surface area (Å²) in [5.74, 6) is -0.696. The molecule has 1 aromatic heterocycles. The lowest BCUT2D eigenvalue weighted by Crippen LogP contribution is -2.50. The zero-order chi connectivity index (χ0) is 22.8. The fraction of sp³-hybridized carbons (Fsp3) is 0.522. The van der Waals surface area contributed by atoms with Crippen molar-refractivity contribution < 1.29 is 24.2 Å². The van der Waals surface area contributed by atoms with E-state index >= 15 is 0 Å². The maximum absolute atomic E-state index is 12.7. The number of aryl methyl sites for hydroxylation is 1. The van der Waals surface area contributed by atoms with Crippen molar-refractivity contribution in [2.45, 2.75) is 58.1 Å². The highest BCUT2D eigenvalue weighted by Crippen LogP contribution is 2.34. The van der Waals surface area contributed by atoms with Crippen LogP contribution in [0.1, 0.15) is 55.6 Å². The van der Waals surface area contributed by atoms with Crippen LogP contribution in [0.15, 0.2) is 18.2 Å². The molecule has 1 aliphatic rings. The third-order valence-corrected chi connectivity index (χ3v) is 5.84. The molecule has 0 saturated heterocycles. The van der Waals surface area contributed by atoms with E-state index in [1.165, 1.54) is 0 Å². The quantitative estimate of drug-likeness (QED) is 0.617. The van der Waals surface area contributed by atoms with Gasteiger partial charge in [0.25, 0.3) is 0 Å². The molecule has 1 amide bonds. The van der Waals surface area contributed by atoms with Gasteiger partial charge in [-0.1, -0.05) is 6.07 Å². The fourth-order valence-electron chi connectivity index (χ4n) is 4.12. The number of fused-ring (bicyclic) bond motifs is 1. The summed E-state index contributed by atoms with van der Waals surface area (Å²) >= 11 is 0. The molecule has 31 heavy (non-hydrogen) atoms. The number of methoxy groups -OCH3 is 1. The van der Waals surface area contributed by atoms with E-state index in [1.807, 2.05) is 13.8 Å². The van der Waals surface area contributed by atoms with Gasteiger partial charge in [0.2, 0.25) is 5.91 Å². The maximum atomic E-state index is 12.7. The summed E-state index contributed by atoms with van der Waals surface area (Å²) in [6, 6.07) is 5.27. The number of carbonyl (C=O) groups excluding carboxylic acids is 1. The Morgan fingerprint density at radius 3 is 2.55 bits per heavy atom. The Kier molecular flexibility index (Phi) is 6.69. The van der Waals surface area contributed by atoms with Crippen molar-refractivity contribution in [3.05, 3.63) is 29.5 Å². The zero-order valence-electron chi connectivity index (χ0n) is 18.5. The number of carboxylic acid groups (broad SMARTS) is 1. The number of amides is 1. The number of benzene rings is 1. The number of aromatic nitrogens is 1. The van der Waals surface area contributed by atoms with Crippen LogP contribution in [-0.2, 0) is 9.53 Å². The number of ether oxygens (including phenoxy) is 2. The SMILES string of the molecule is COC1CCC(C(=O)NC(C)(C)COc2cccc3nc(C)c(C(=O)O)c(N)c23)CC1. The molecular formula is C23H31N3O5. The van der Waals surface area contributed by atoms with Gasteiger partial charge in [-0.25, -0.2) is 4.79 Å². The molecule has 2 aromatic rings. The number of anilines is 1. The van der Waals surface area contributed by atoms with Crippen molar-refractivity contribution >= 4 is 28.5 Å². The van der Waals surface area contributed by atoms with Gasteiger partial charge in [-0.2, -0.15) is 0 Å². The molecule has 0 spiro atoms. The molecule has 1 aliphatic carbocycles. The van der Waals surface area contributed by atoms with Crippen LogP contribution < -0.4 is 15.8 Å². The molecule has 0 bridgehead atoms. The van der Waals surface area contributed by atoms with Gasteiger partial charge in [-0.3, -0.25) is 9.78 Å². The molecule has 168 valence electrons. The van der Waals surface area contributed by atoms with E-state index in [-0.39, 0.29) is 35.8 Å². The van der Waals surface area contributed by atoms with Gasteiger partial charge in [-0.15, -0.1) is 0 Å². The number of pyridine rings is 1. The lowest BCUT2D eigenvalue weighted by atomic mass is 9.86. The lowest BCUT2D eigenvalue weighted by molar-refractivity contribution is -0.128. The number of hydrogen-bond donors (Lipinski definition) is 3. The summed E-state index contributed by atoms with van der Waals surface area (Å²) in [5, 5.41) is 13.0. The molecule has 0 aliphatic heterocycles. The zero-order valence-corrected chi connectivity index (χ0v) is 18.5. The van der Waals surface area contributed by atoms with Crippen LogP contribution in [-0.4, -0.2) is 47.3 Å². The first-order valence-corrected chi connectivity index (χ1v) is 10.5. The van der Waals surface area contributed by atoms with Crippen molar-refractivity contribution in [2.75, 3.05) is 19.5 Å². The van der Waals surface area contributed by atoms with E-state index in [4.69, 9.17) is 15.2 Å². The van der Waals surface area contributed by atoms with Gasteiger partial charge >= 0.3 is 5.97 Å². The standard InChI is InChI=1S/C23H31N3O5/c1-13-18(22(28)29)20(24)19-16(25-13)6-5-7-17(19)31-12-23(2,3)26-21(27)14-8-10-15(30-4)11-9-14/h5-7,14-15H,8-12H2,1-4H3,(H2,24,25)(H,26,27)(H,28,29). The molecule has 0 atom stereocenters. The highest BCUT2D eigenvalue weighted by atomic mass is 16.5. The minimum absolute atomic E-state index is 0.0195. The average Bonchev–Trinajstić information content (AvgIpc) is 2.71. The summed E-state index contributed by atoms with van der Waals surface area (Å²) in [6.45, 7) is 5.60. The van der Waals surface area contributed by atoms with Crippen molar-refractivity contribution in [1.82, 2.24) is 10.3 Å². The van der Waals surface area contributed by atoms with Crippen molar-refractivity contribution in [3.8, 4) is 5.75 Å². The smallest absolute Gasteiger partial charge is 0.339 e. The van der Waals surface area contributed by atoms with Crippen LogP contribution in [0.4, 0.5) is 5.69 Å². The second kappa shape index (κ2) is 9.09. The second-order valence-electron chi connectivity index (χ2n) is 8.81. The fourth-order valence-corrected chi connectivity index (χ4v) is 4.12. The summed E-state index contributed by atoms with van der Waals surface area (Å²) in [7, 11) is 1.71. The largest absolute Gasteiger partial charge is 0.490 e. The number of carboxylic acids is 1. The number of nitrogens with one attached hydrogen (secondary N) is 1. The summed E-state index contributed by atoms with van der Waals surface area (Å²) in [4.78, 5) is 28.7. The number of nitrogens with zero attached hydrogens (tertiary/aromatic N) is 1. The van der Waals surface area contributed by atoms with E-state index in [1.54, 1.807) is 32.2 Å². The highest BCUT2D eigenvalue weighted by molar-refractivity contribution is 6.06. The third-order valence-electron chi connectivity index (χ3n) is 5.84. The van der Waals surface area contributed by atoms with Crippen LogP contribution in [0.2, 0.25) is 0 Å². The summed E-state index contributed by atoms with van der Waals surface area (Å²) < 4.78 is 11.4. The van der Waals surface area contributed by atoms with Crippen LogP contribution >= 0.6 is 0 Å². The number of nitrogens with two attached hydrogens (primary N) is 1. The molecule has 8 nitrogen and oxygen atoms in total. The predicted molar refractivity (Wildman–Crippen MR) is 118 cm³/mol. The Morgan fingerprint density at radius 1 is 1.26 bits per heavy atom. The number of hydrogen-bond acceptors (Lipinski definition) is 6. The molecule has 3 rings (SSSR count). The molecule has 1 aromatic carbocycles. The number of rotatable bonds is 7. The number of nitrogen functional groups attached to an aromatic ring is 1. The Bertz CT molecular complexity index is 981. The monoisotopic (exact) mass is 429 g/mol. The van der Waals surface area contributed by atoms with E-state index in [2.05, 4.69) is 10.3 Å². The first kappa shape index (κ1) is 22.8. The molecule has 1 heterocycles. The minimum atomic E-state index is -1.13. The molecule has 8 heteroatoms.